The number of benzene rings is 3. The molecule has 36 heavy (non-hydrogen) atoms. The standard InChI is InChI=1S/C27H27Cl2N3O3S/c28-23-18-24(29)20-25(19-23)32(36(34,35)26-11-5-2-6-12-26)21-27(33)31-16-14-30(15-17-31)13-7-10-22-8-3-1-4-9-22/h1-12,18-20H,13-17,21H2/b10-7+. The lowest BCUT2D eigenvalue weighted by atomic mass is 10.2. The summed E-state index contributed by atoms with van der Waals surface area (Å²) in [5.74, 6) is -0.273. The number of hydrogen-bond acceptors (Lipinski definition) is 4. The summed E-state index contributed by atoms with van der Waals surface area (Å²) in [4.78, 5) is 17.3. The largest absolute Gasteiger partial charge is 0.339 e. The van der Waals surface area contributed by atoms with E-state index in [0.717, 1.165) is 16.4 Å². The molecular weight excluding hydrogens is 517 g/mol. The Bertz CT molecular complexity index is 1290. The summed E-state index contributed by atoms with van der Waals surface area (Å²) < 4.78 is 28.1. The second-order valence-electron chi connectivity index (χ2n) is 8.45. The fourth-order valence-corrected chi connectivity index (χ4v) is 5.96. The van der Waals surface area contributed by atoms with Gasteiger partial charge in [0.1, 0.15) is 6.54 Å². The van der Waals surface area contributed by atoms with Crippen molar-refractivity contribution < 1.29 is 13.2 Å². The normalized spacial score (nSPS) is 14.8. The highest BCUT2D eigenvalue weighted by molar-refractivity contribution is 7.92. The molecular formula is C27H27Cl2N3O3S. The third-order valence-electron chi connectivity index (χ3n) is 5.94. The minimum absolute atomic E-state index is 0.0870. The van der Waals surface area contributed by atoms with E-state index in [1.807, 2.05) is 18.2 Å². The Morgan fingerprint density at radius 1 is 0.861 bits per heavy atom. The van der Waals surface area contributed by atoms with Crippen LogP contribution in [0.5, 0.6) is 0 Å². The van der Waals surface area contributed by atoms with Crippen LogP contribution in [0.4, 0.5) is 5.69 Å². The van der Waals surface area contributed by atoms with Gasteiger partial charge in [-0.15, -0.1) is 0 Å². The van der Waals surface area contributed by atoms with Gasteiger partial charge in [-0.1, -0.05) is 83.9 Å². The minimum atomic E-state index is -4.02. The van der Waals surface area contributed by atoms with E-state index in [1.165, 1.54) is 30.3 Å². The fourth-order valence-electron chi connectivity index (χ4n) is 4.02. The first kappa shape index (κ1) is 26.2. The number of amides is 1. The van der Waals surface area contributed by atoms with Crippen LogP contribution in [0.25, 0.3) is 6.08 Å². The van der Waals surface area contributed by atoms with Crippen LogP contribution in [-0.2, 0) is 14.8 Å². The summed E-state index contributed by atoms with van der Waals surface area (Å²) in [5.41, 5.74) is 1.39. The van der Waals surface area contributed by atoms with Crippen molar-refractivity contribution in [1.29, 1.82) is 0 Å². The molecule has 1 saturated heterocycles. The monoisotopic (exact) mass is 543 g/mol. The van der Waals surface area contributed by atoms with Gasteiger partial charge < -0.3 is 4.90 Å². The molecule has 0 bridgehead atoms. The molecule has 0 atom stereocenters. The smallest absolute Gasteiger partial charge is 0.264 e. The first-order valence-electron chi connectivity index (χ1n) is 11.6. The Hall–Kier alpha value is -2.84. The maximum atomic E-state index is 13.5. The lowest BCUT2D eigenvalue weighted by Crippen LogP contribution is -2.51. The molecule has 1 amide bonds. The topological polar surface area (TPSA) is 60.9 Å². The van der Waals surface area contributed by atoms with Crippen LogP contribution in [0.1, 0.15) is 5.56 Å². The van der Waals surface area contributed by atoms with E-state index in [2.05, 4.69) is 29.2 Å². The number of carbonyl (C=O) groups is 1. The summed E-state index contributed by atoms with van der Waals surface area (Å²) >= 11 is 12.3. The Morgan fingerprint density at radius 3 is 2.06 bits per heavy atom. The van der Waals surface area contributed by atoms with Gasteiger partial charge in [0, 0.05) is 42.8 Å². The zero-order valence-corrected chi connectivity index (χ0v) is 22.0. The molecule has 0 unspecified atom stereocenters. The van der Waals surface area contributed by atoms with E-state index in [0.29, 0.717) is 26.2 Å². The van der Waals surface area contributed by atoms with Crippen molar-refractivity contribution in [1.82, 2.24) is 9.80 Å². The number of hydrogen-bond donors (Lipinski definition) is 0. The summed E-state index contributed by atoms with van der Waals surface area (Å²) in [6.45, 7) is 2.90. The predicted octanol–water partition coefficient (Wildman–Crippen LogP) is 5.05. The van der Waals surface area contributed by atoms with Crippen LogP contribution >= 0.6 is 23.2 Å². The van der Waals surface area contributed by atoms with Crippen LogP contribution in [0.3, 0.4) is 0 Å². The van der Waals surface area contributed by atoms with Gasteiger partial charge >= 0.3 is 0 Å². The summed E-state index contributed by atoms with van der Waals surface area (Å²) in [5, 5.41) is 0.575. The molecule has 9 heteroatoms. The molecule has 3 aromatic rings. The third kappa shape index (κ3) is 6.68. The van der Waals surface area contributed by atoms with E-state index < -0.39 is 10.0 Å². The van der Waals surface area contributed by atoms with E-state index in [4.69, 9.17) is 23.2 Å². The third-order valence-corrected chi connectivity index (χ3v) is 8.17. The quantitative estimate of drug-likeness (QED) is 0.399. The van der Waals surface area contributed by atoms with Crippen molar-refractivity contribution in [3.05, 3.63) is 101 Å². The maximum Gasteiger partial charge on any atom is 0.264 e. The second-order valence-corrected chi connectivity index (χ2v) is 11.2. The highest BCUT2D eigenvalue weighted by atomic mass is 35.5. The zero-order valence-electron chi connectivity index (χ0n) is 19.6. The molecule has 1 aliphatic heterocycles. The highest BCUT2D eigenvalue weighted by Crippen LogP contribution is 2.29. The van der Waals surface area contributed by atoms with Gasteiger partial charge in [0.25, 0.3) is 10.0 Å². The fraction of sp³-hybridized carbons (Fsp3) is 0.222. The predicted molar refractivity (Wildman–Crippen MR) is 146 cm³/mol. The number of nitrogens with zero attached hydrogens (tertiary/aromatic N) is 3. The van der Waals surface area contributed by atoms with Crippen molar-refractivity contribution in [2.75, 3.05) is 43.6 Å². The number of sulfonamides is 1. The second kappa shape index (κ2) is 11.9. The summed E-state index contributed by atoms with van der Waals surface area (Å²) in [6, 6.07) is 22.6. The molecule has 1 fully saturated rings. The molecule has 188 valence electrons. The Labute approximate surface area is 222 Å². The Kier molecular flexibility index (Phi) is 8.69. The van der Waals surface area contributed by atoms with Gasteiger partial charge in [0.2, 0.25) is 5.91 Å². The van der Waals surface area contributed by atoms with E-state index in [9.17, 15) is 13.2 Å². The van der Waals surface area contributed by atoms with Gasteiger partial charge in [-0.3, -0.25) is 14.0 Å². The van der Waals surface area contributed by atoms with Crippen LogP contribution in [0, 0.1) is 0 Å². The Morgan fingerprint density at radius 2 is 1.44 bits per heavy atom. The van der Waals surface area contributed by atoms with E-state index >= 15 is 0 Å². The average Bonchev–Trinajstić information content (AvgIpc) is 2.88. The molecule has 0 saturated carbocycles. The maximum absolute atomic E-state index is 13.5. The molecule has 3 aromatic carbocycles. The van der Waals surface area contributed by atoms with Gasteiger partial charge in [-0.2, -0.15) is 0 Å². The van der Waals surface area contributed by atoms with Crippen molar-refractivity contribution >= 4 is 50.9 Å². The van der Waals surface area contributed by atoms with Gasteiger partial charge in [-0.05, 0) is 35.9 Å². The van der Waals surface area contributed by atoms with E-state index in [1.54, 1.807) is 23.1 Å². The van der Waals surface area contributed by atoms with Crippen LogP contribution in [0.2, 0.25) is 10.0 Å². The van der Waals surface area contributed by atoms with Crippen molar-refractivity contribution in [2.24, 2.45) is 0 Å². The van der Waals surface area contributed by atoms with Crippen LogP contribution < -0.4 is 4.31 Å². The summed E-state index contributed by atoms with van der Waals surface area (Å²) in [7, 11) is -4.02. The molecule has 0 aliphatic carbocycles. The van der Waals surface area contributed by atoms with Crippen LogP contribution in [-0.4, -0.2) is 63.4 Å². The van der Waals surface area contributed by atoms with E-state index in [-0.39, 0.29) is 33.1 Å². The number of anilines is 1. The molecule has 4 rings (SSSR count). The molecule has 0 radical (unpaired) electrons. The lowest BCUT2D eigenvalue weighted by Gasteiger charge is -2.35. The zero-order chi connectivity index (χ0) is 25.5. The Balaban J connectivity index is 1.44. The number of piperazine rings is 1. The summed E-state index contributed by atoms with van der Waals surface area (Å²) in [6.07, 6.45) is 4.20. The van der Waals surface area contributed by atoms with Crippen molar-refractivity contribution in [3.8, 4) is 0 Å². The molecule has 0 aromatic heterocycles. The highest BCUT2D eigenvalue weighted by Gasteiger charge is 2.30. The van der Waals surface area contributed by atoms with Gasteiger partial charge in [0.05, 0.1) is 10.6 Å². The van der Waals surface area contributed by atoms with Crippen LogP contribution in [0.15, 0.2) is 89.8 Å². The molecule has 1 heterocycles. The molecule has 6 nitrogen and oxygen atoms in total. The molecule has 0 N–H and O–H groups in total. The van der Waals surface area contributed by atoms with Gasteiger partial charge in [-0.25, -0.2) is 8.42 Å². The first-order valence-corrected chi connectivity index (χ1v) is 13.8. The lowest BCUT2D eigenvalue weighted by molar-refractivity contribution is -0.131. The molecule has 1 aliphatic rings. The first-order chi connectivity index (χ1) is 17.3. The van der Waals surface area contributed by atoms with Crippen molar-refractivity contribution in [3.63, 3.8) is 0 Å². The van der Waals surface area contributed by atoms with Crippen molar-refractivity contribution in [2.45, 2.75) is 4.90 Å². The van der Waals surface area contributed by atoms with Gasteiger partial charge in [0.15, 0.2) is 0 Å². The average molecular weight is 545 g/mol. The SMILES string of the molecule is O=C(CN(c1cc(Cl)cc(Cl)c1)S(=O)(=O)c1ccccc1)N1CCN(C/C=C/c2ccccc2)CC1. The number of halogens is 2. The number of rotatable bonds is 8. The molecule has 0 spiro atoms. The minimum Gasteiger partial charge on any atom is -0.339 e. The number of carbonyl (C=O) groups excluding carboxylic acids is 1.